The number of hydrogen-bond donors (Lipinski definition) is 1. The van der Waals surface area contributed by atoms with Crippen molar-refractivity contribution in [3.63, 3.8) is 0 Å². The Labute approximate surface area is 205 Å². The minimum Gasteiger partial charge on any atom is -0.415 e. The molecule has 4 aromatic heterocycles. The molecule has 6 aromatic rings. The van der Waals surface area contributed by atoms with Gasteiger partial charge in [-0.25, -0.2) is 4.98 Å². The van der Waals surface area contributed by atoms with Gasteiger partial charge in [0.05, 0.1) is 6.20 Å². The van der Waals surface area contributed by atoms with E-state index in [-0.39, 0.29) is 0 Å². The number of anilines is 1. The van der Waals surface area contributed by atoms with E-state index in [1.807, 2.05) is 79.7 Å². The van der Waals surface area contributed by atoms with Gasteiger partial charge in [0.1, 0.15) is 11.5 Å². The van der Waals surface area contributed by atoms with Crippen LogP contribution in [-0.2, 0) is 0 Å². The van der Waals surface area contributed by atoms with Crippen LogP contribution >= 0.6 is 0 Å². The third-order valence-corrected chi connectivity index (χ3v) is 5.63. The molecule has 0 aliphatic heterocycles. The molecule has 0 amide bonds. The molecular formula is C26H20N8O2. The fourth-order valence-corrected chi connectivity index (χ4v) is 3.66. The van der Waals surface area contributed by atoms with Crippen LogP contribution in [0.1, 0.15) is 0 Å². The zero-order valence-corrected chi connectivity index (χ0v) is 19.5. The van der Waals surface area contributed by atoms with Gasteiger partial charge in [0.15, 0.2) is 0 Å². The summed E-state index contributed by atoms with van der Waals surface area (Å²) in [6.45, 7) is 0. The maximum atomic E-state index is 5.79. The lowest BCUT2D eigenvalue weighted by Gasteiger charge is -2.11. The summed E-state index contributed by atoms with van der Waals surface area (Å²) in [5.74, 6) is 2.44. The summed E-state index contributed by atoms with van der Waals surface area (Å²) in [7, 11) is 4.00. The molecule has 0 radical (unpaired) electrons. The maximum absolute atomic E-state index is 5.79. The van der Waals surface area contributed by atoms with Crippen LogP contribution in [0.4, 0.5) is 5.69 Å². The number of pyridine rings is 1. The van der Waals surface area contributed by atoms with E-state index in [1.165, 1.54) is 0 Å². The second kappa shape index (κ2) is 8.91. The highest BCUT2D eigenvalue weighted by Gasteiger charge is 2.15. The summed E-state index contributed by atoms with van der Waals surface area (Å²) in [6, 6.07) is 19.3. The maximum Gasteiger partial charge on any atom is 0.266 e. The Morgan fingerprint density at radius 3 is 2.14 bits per heavy atom. The minimum absolute atomic E-state index is 0.357. The number of H-pyrrole nitrogens is 1. The van der Waals surface area contributed by atoms with E-state index in [2.05, 4.69) is 35.3 Å². The molecule has 0 unspecified atom stereocenters. The standard InChI is InChI=1S/C26H20N8O2/c1-34(2)20-9-7-18(8-10-20)24-30-23(33-36-24)17-5-3-16(4-6-17)22-28-15-21(29-22)26-32-31-25(35-26)19-11-13-27-14-12-19/h3-15H,1-2H3,(H,28,29). The van der Waals surface area contributed by atoms with E-state index >= 15 is 0 Å². The predicted molar refractivity (Wildman–Crippen MR) is 134 cm³/mol. The zero-order chi connectivity index (χ0) is 24.5. The summed E-state index contributed by atoms with van der Waals surface area (Å²) in [5.41, 5.74) is 5.13. The Balaban J connectivity index is 1.19. The van der Waals surface area contributed by atoms with Crippen LogP contribution < -0.4 is 4.90 Å². The Hall–Kier alpha value is -5.12. The summed E-state index contributed by atoms with van der Waals surface area (Å²) in [6.07, 6.45) is 5.02. The second-order valence-corrected chi connectivity index (χ2v) is 8.24. The SMILES string of the molecule is CN(C)c1ccc(-c2nc(-c3ccc(-c4ncc(-c5nnc(-c6ccncc6)o5)[nH]4)cc3)no2)cc1. The molecule has 4 heterocycles. The van der Waals surface area contributed by atoms with Crippen molar-refractivity contribution in [3.8, 4) is 57.3 Å². The van der Waals surface area contributed by atoms with Gasteiger partial charge in [0.25, 0.3) is 11.8 Å². The number of aromatic amines is 1. The lowest BCUT2D eigenvalue weighted by atomic mass is 10.1. The van der Waals surface area contributed by atoms with Crippen molar-refractivity contribution in [2.24, 2.45) is 0 Å². The van der Waals surface area contributed by atoms with Gasteiger partial charge in [-0.1, -0.05) is 29.4 Å². The summed E-state index contributed by atoms with van der Waals surface area (Å²) in [4.78, 5) is 18.3. The first-order valence-electron chi connectivity index (χ1n) is 11.2. The Bertz CT molecular complexity index is 1600. The number of nitrogens with zero attached hydrogens (tertiary/aromatic N) is 7. The van der Waals surface area contributed by atoms with E-state index in [4.69, 9.17) is 8.94 Å². The van der Waals surface area contributed by atoms with Gasteiger partial charge < -0.3 is 18.8 Å². The van der Waals surface area contributed by atoms with Crippen LogP contribution in [0.15, 0.2) is 88.2 Å². The average molecular weight is 477 g/mol. The zero-order valence-electron chi connectivity index (χ0n) is 19.5. The second-order valence-electron chi connectivity index (χ2n) is 8.24. The van der Waals surface area contributed by atoms with Gasteiger partial charge in [-0.05, 0) is 36.4 Å². The van der Waals surface area contributed by atoms with Crippen molar-refractivity contribution in [2.45, 2.75) is 0 Å². The molecule has 2 aromatic carbocycles. The van der Waals surface area contributed by atoms with Crippen LogP contribution in [0, 0.1) is 0 Å². The number of aromatic nitrogens is 7. The summed E-state index contributed by atoms with van der Waals surface area (Å²) in [5, 5.41) is 12.4. The number of rotatable bonds is 6. The molecular weight excluding hydrogens is 456 g/mol. The number of nitrogens with one attached hydrogen (secondary N) is 1. The van der Waals surface area contributed by atoms with E-state index in [1.54, 1.807) is 18.6 Å². The average Bonchev–Trinajstić information content (AvgIpc) is 3.70. The van der Waals surface area contributed by atoms with E-state index in [0.29, 0.717) is 35.0 Å². The van der Waals surface area contributed by atoms with E-state index in [9.17, 15) is 0 Å². The lowest BCUT2D eigenvalue weighted by molar-refractivity contribution is 0.432. The first-order valence-corrected chi connectivity index (χ1v) is 11.2. The monoisotopic (exact) mass is 476 g/mol. The topological polar surface area (TPSA) is 123 Å². The number of imidazole rings is 1. The summed E-state index contributed by atoms with van der Waals surface area (Å²) >= 11 is 0. The highest BCUT2D eigenvalue weighted by molar-refractivity contribution is 5.67. The molecule has 0 atom stereocenters. The van der Waals surface area contributed by atoms with Crippen molar-refractivity contribution in [3.05, 3.63) is 79.3 Å². The van der Waals surface area contributed by atoms with Crippen LogP contribution in [0.5, 0.6) is 0 Å². The fraction of sp³-hybridized carbons (Fsp3) is 0.0769. The minimum atomic E-state index is 0.357. The molecule has 0 aliphatic rings. The molecule has 0 saturated heterocycles. The van der Waals surface area contributed by atoms with E-state index < -0.39 is 0 Å². The number of hydrogen-bond acceptors (Lipinski definition) is 9. The molecule has 0 spiro atoms. The molecule has 0 aliphatic carbocycles. The Morgan fingerprint density at radius 2 is 1.39 bits per heavy atom. The molecule has 10 heteroatoms. The predicted octanol–water partition coefficient (Wildman–Crippen LogP) is 4.97. The van der Waals surface area contributed by atoms with Crippen LogP contribution in [0.2, 0.25) is 0 Å². The lowest BCUT2D eigenvalue weighted by Crippen LogP contribution is -2.07. The van der Waals surface area contributed by atoms with Gasteiger partial charge in [-0.2, -0.15) is 4.98 Å². The van der Waals surface area contributed by atoms with Crippen LogP contribution in [0.25, 0.3) is 57.3 Å². The van der Waals surface area contributed by atoms with Gasteiger partial charge >= 0.3 is 0 Å². The quantitative estimate of drug-likeness (QED) is 0.355. The highest BCUT2D eigenvalue weighted by Crippen LogP contribution is 2.27. The van der Waals surface area contributed by atoms with Gasteiger partial charge in [0, 0.05) is 54.4 Å². The van der Waals surface area contributed by atoms with Gasteiger partial charge in [-0.15, -0.1) is 10.2 Å². The highest BCUT2D eigenvalue weighted by atomic mass is 16.5. The Morgan fingerprint density at radius 1 is 0.722 bits per heavy atom. The number of benzene rings is 2. The molecule has 0 saturated carbocycles. The molecule has 10 nitrogen and oxygen atoms in total. The first kappa shape index (κ1) is 21.4. The smallest absolute Gasteiger partial charge is 0.266 e. The van der Waals surface area contributed by atoms with Crippen molar-refractivity contribution >= 4 is 5.69 Å². The molecule has 176 valence electrons. The van der Waals surface area contributed by atoms with Gasteiger partial charge in [-0.3, -0.25) is 4.98 Å². The fourth-order valence-electron chi connectivity index (χ4n) is 3.66. The third-order valence-electron chi connectivity index (χ3n) is 5.63. The van der Waals surface area contributed by atoms with Crippen molar-refractivity contribution in [1.29, 1.82) is 0 Å². The largest absolute Gasteiger partial charge is 0.415 e. The van der Waals surface area contributed by atoms with Crippen LogP contribution in [-0.4, -0.2) is 49.4 Å². The third kappa shape index (κ3) is 4.11. The molecule has 0 bridgehead atoms. The molecule has 36 heavy (non-hydrogen) atoms. The molecule has 0 fully saturated rings. The van der Waals surface area contributed by atoms with E-state index in [0.717, 1.165) is 27.9 Å². The van der Waals surface area contributed by atoms with Crippen molar-refractivity contribution in [2.75, 3.05) is 19.0 Å². The molecule has 1 N–H and O–H groups in total. The van der Waals surface area contributed by atoms with Gasteiger partial charge in [0.2, 0.25) is 11.7 Å². The summed E-state index contributed by atoms with van der Waals surface area (Å²) < 4.78 is 11.3. The molecule has 6 rings (SSSR count). The van der Waals surface area contributed by atoms with Crippen LogP contribution in [0.3, 0.4) is 0 Å². The first-order chi connectivity index (χ1) is 17.6. The Kier molecular flexibility index (Phi) is 5.30. The normalized spacial score (nSPS) is 11.1. The van der Waals surface area contributed by atoms with Crippen molar-refractivity contribution < 1.29 is 8.94 Å². The van der Waals surface area contributed by atoms with Crippen molar-refractivity contribution in [1.82, 2.24) is 35.3 Å².